The number of rotatable bonds is 5. The Morgan fingerprint density at radius 1 is 1.28 bits per heavy atom. The maximum Gasteiger partial charge on any atom is 0.230 e. The number of nitrogens with zero attached hydrogens (tertiary/aromatic N) is 3. The lowest BCUT2D eigenvalue weighted by Crippen LogP contribution is -2.52. The van der Waals surface area contributed by atoms with Crippen LogP contribution in [0.3, 0.4) is 0 Å². The van der Waals surface area contributed by atoms with Gasteiger partial charge in [-0.3, -0.25) is 9.69 Å². The Hall–Kier alpha value is -2.28. The van der Waals surface area contributed by atoms with E-state index in [0.717, 1.165) is 28.9 Å². The van der Waals surface area contributed by atoms with Gasteiger partial charge in [-0.2, -0.15) is 0 Å². The zero-order valence-corrected chi connectivity index (χ0v) is 18.0. The molecule has 0 spiro atoms. The number of hydrogen-bond acceptors (Lipinski definition) is 6. The standard InChI is InChI=1S/C22H22ClN3O2S/c1-15-24-25-20(28-15)14-26(2)22(18-9-3-4-10-19(18)23)11-5-7-16(21(22)27)13-17-8-6-12-29-17/h3-4,6,8-10,12-13H,5,7,11,14H2,1-2H3/b16-13-. The van der Waals surface area contributed by atoms with Gasteiger partial charge in [0.05, 0.1) is 6.54 Å². The monoisotopic (exact) mass is 427 g/mol. The first-order valence-corrected chi connectivity index (χ1v) is 10.8. The number of ketones is 1. The summed E-state index contributed by atoms with van der Waals surface area (Å²) < 4.78 is 5.58. The average molecular weight is 428 g/mol. The molecule has 2 heterocycles. The third kappa shape index (κ3) is 3.80. The van der Waals surface area contributed by atoms with Crippen molar-refractivity contribution in [3.8, 4) is 0 Å². The maximum atomic E-state index is 13.9. The maximum absolute atomic E-state index is 13.9. The van der Waals surface area contributed by atoms with E-state index >= 15 is 0 Å². The third-order valence-corrected chi connectivity index (χ3v) is 6.57. The van der Waals surface area contributed by atoms with Gasteiger partial charge >= 0.3 is 0 Å². The van der Waals surface area contributed by atoms with E-state index in [-0.39, 0.29) is 5.78 Å². The molecular formula is C22H22ClN3O2S. The zero-order valence-electron chi connectivity index (χ0n) is 16.4. The number of aromatic nitrogens is 2. The Bertz CT molecular complexity index is 1040. The van der Waals surface area contributed by atoms with Crippen LogP contribution in [-0.4, -0.2) is 27.9 Å². The second-order valence-electron chi connectivity index (χ2n) is 7.28. The van der Waals surface area contributed by atoms with E-state index in [0.29, 0.717) is 29.8 Å². The smallest absolute Gasteiger partial charge is 0.230 e. The number of thiophene rings is 1. The third-order valence-electron chi connectivity index (χ3n) is 5.42. The lowest BCUT2D eigenvalue weighted by Gasteiger charge is -2.44. The number of aryl methyl sites for hydroxylation is 1. The summed E-state index contributed by atoms with van der Waals surface area (Å²) in [5.74, 6) is 1.08. The second kappa shape index (κ2) is 8.22. The molecule has 7 heteroatoms. The Morgan fingerprint density at radius 3 is 2.79 bits per heavy atom. The van der Waals surface area contributed by atoms with Crippen LogP contribution in [0.25, 0.3) is 6.08 Å². The molecular weight excluding hydrogens is 406 g/mol. The molecule has 1 unspecified atom stereocenters. The molecule has 1 saturated carbocycles. The number of benzene rings is 1. The molecule has 1 aliphatic carbocycles. The molecule has 0 amide bonds. The number of carbonyl (C=O) groups is 1. The van der Waals surface area contributed by atoms with Crippen molar-refractivity contribution in [1.82, 2.24) is 15.1 Å². The fourth-order valence-electron chi connectivity index (χ4n) is 4.07. The van der Waals surface area contributed by atoms with Crippen molar-refractivity contribution in [2.45, 2.75) is 38.3 Å². The zero-order chi connectivity index (χ0) is 20.4. The minimum Gasteiger partial charge on any atom is -0.424 e. The van der Waals surface area contributed by atoms with Gasteiger partial charge in [0.1, 0.15) is 5.54 Å². The molecule has 0 saturated heterocycles. The van der Waals surface area contributed by atoms with E-state index in [1.165, 1.54) is 0 Å². The normalized spacial score (nSPS) is 21.2. The van der Waals surface area contributed by atoms with Crippen LogP contribution in [0.5, 0.6) is 0 Å². The largest absolute Gasteiger partial charge is 0.424 e. The van der Waals surface area contributed by atoms with Crippen molar-refractivity contribution in [3.63, 3.8) is 0 Å². The fourth-order valence-corrected chi connectivity index (χ4v) is 5.05. The first-order chi connectivity index (χ1) is 14.0. The summed E-state index contributed by atoms with van der Waals surface area (Å²) in [4.78, 5) is 17.0. The number of Topliss-reactive ketones (excluding diaryl/α,β-unsaturated/α-hetero) is 1. The van der Waals surface area contributed by atoms with E-state index in [1.807, 2.05) is 59.8 Å². The molecule has 0 aliphatic heterocycles. The van der Waals surface area contributed by atoms with E-state index in [4.69, 9.17) is 16.0 Å². The van der Waals surface area contributed by atoms with Gasteiger partial charge in [-0.1, -0.05) is 35.9 Å². The Balaban J connectivity index is 1.79. The van der Waals surface area contributed by atoms with Crippen molar-refractivity contribution >= 4 is 34.8 Å². The predicted octanol–water partition coefficient (Wildman–Crippen LogP) is 5.26. The number of likely N-dealkylation sites (N-methyl/N-ethyl adjacent to an activating group) is 1. The van der Waals surface area contributed by atoms with Crippen LogP contribution in [0.15, 0.2) is 51.8 Å². The second-order valence-corrected chi connectivity index (χ2v) is 8.67. The van der Waals surface area contributed by atoms with Gasteiger partial charge in [0.2, 0.25) is 11.8 Å². The molecule has 0 N–H and O–H groups in total. The summed E-state index contributed by atoms with van der Waals surface area (Å²) in [5.41, 5.74) is 0.775. The highest BCUT2D eigenvalue weighted by atomic mass is 35.5. The van der Waals surface area contributed by atoms with Crippen LogP contribution >= 0.6 is 22.9 Å². The first kappa shape index (κ1) is 20.0. The average Bonchev–Trinajstić information content (AvgIpc) is 3.36. The van der Waals surface area contributed by atoms with Crippen LogP contribution in [0, 0.1) is 6.92 Å². The lowest BCUT2D eigenvalue weighted by atomic mass is 9.72. The molecule has 0 radical (unpaired) electrons. The summed E-state index contributed by atoms with van der Waals surface area (Å²) >= 11 is 8.24. The van der Waals surface area contributed by atoms with Crippen LogP contribution in [-0.2, 0) is 16.9 Å². The van der Waals surface area contributed by atoms with Crippen LogP contribution < -0.4 is 0 Å². The summed E-state index contributed by atoms with van der Waals surface area (Å²) in [6, 6.07) is 11.6. The van der Waals surface area contributed by atoms with Crippen molar-refractivity contribution in [2.75, 3.05) is 7.05 Å². The molecule has 2 aromatic heterocycles. The topological polar surface area (TPSA) is 59.2 Å². The molecule has 3 aromatic rings. The summed E-state index contributed by atoms with van der Waals surface area (Å²) in [6.45, 7) is 2.12. The summed E-state index contributed by atoms with van der Waals surface area (Å²) in [7, 11) is 1.93. The SMILES string of the molecule is Cc1nnc(CN(C)C2(c3ccccc3Cl)CCC/C(=C/c3cccs3)C2=O)o1. The summed E-state index contributed by atoms with van der Waals surface area (Å²) in [6.07, 6.45) is 4.35. The van der Waals surface area contributed by atoms with Gasteiger partial charge in [0.15, 0.2) is 5.78 Å². The highest BCUT2D eigenvalue weighted by Crippen LogP contribution is 2.44. The highest BCUT2D eigenvalue weighted by molar-refractivity contribution is 7.10. The Kier molecular flexibility index (Phi) is 5.67. The minimum absolute atomic E-state index is 0.0870. The molecule has 1 aliphatic rings. The number of hydrogen-bond donors (Lipinski definition) is 0. The van der Waals surface area contributed by atoms with E-state index in [2.05, 4.69) is 10.2 Å². The van der Waals surface area contributed by atoms with Crippen molar-refractivity contribution in [1.29, 1.82) is 0 Å². The van der Waals surface area contributed by atoms with Crippen LogP contribution in [0.1, 0.15) is 41.5 Å². The number of carbonyl (C=O) groups excluding carboxylic acids is 1. The predicted molar refractivity (Wildman–Crippen MR) is 115 cm³/mol. The van der Waals surface area contributed by atoms with Gasteiger partial charge < -0.3 is 4.42 Å². The first-order valence-electron chi connectivity index (χ1n) is 9.55. The van der Waals surface area contributed by atoms with Gasteiger partial charge in [-0.05, 0) is 61.0 Å². The quantitative estimate of drug-likeness (QED) is 0.520. The molecule has 1 fully saturated rings. The molecule has 0 bridgehead atoms. The van der Waals surface area contributed by atoms with E-state index in [9.17, 15) is 4.79 Å². The minimum atomic E-state index is -0.873. The highest BCUT2D eigenvalue weighted by Gasteiger charge is 2.48. The van der Waals surface area contributed by atoms with Crippen molar-refractivity contribution in [3.05, 3.63) is 74.6 Å². The lowest BCUT2D eigenvalue weighted by molar-refractivity contribution is -0.130. The molecule has 29 heavy (non-hydrogen) atoms. The Morgan fingerprint density at radius 2 is 2.10 bits per heavy atom. The van der Waals surface area contributed by atoms with Gasteiger partial charge in [-0.25, -0.2) is 0 Å². The van der Waals surface area contributed by atoms with Crippen molar-refractivity contribution in [2.24, 2.45) is 0 Å². The molecule has 150 valence electrons. The van der Waals surface area contributed by atoms with Crippen LogP contribution in [0.2, 0.25) is 5.02 Å². The van der Waals surface area contributed by atoms with Gasteiger partial charge in [0.25, 0.3) is 0 Å². The molecule has 1 aromatic carbocycles. The number of halogens is 1. The van der Waals surface area contributed by atoms with Gasteiger partial charge in [0, 0.05) is 16.8 Å². The molecule has 5 nitrogen and oxygen atoms in total. The summed E-state index contributed by atoms with van der Waals surface area (Å²) in [5, 5.41) is 10.6. The van der Waals surface area contributed by atoms with Crippen molar-refractivity contribution < 1.29 is 9.21 Å². The van der Waals surface area contributed by atoms with Gasteiger partial charge in [-0.15, -0.1) is 21.5 Å². The fraction of sp³-hybridized carbons (Fsp3) is 0.318. The van der Waals surface area contributed by atoms with Crippen LogP contribution in [0.4, 0.5) is 0 Å². The Labute approximate surface area is 179 Å². The molecule has 1 atom stereocenters. The van der Waals surface area contributed by atoms with E-state index < -0.39 is 5.54 Å². The van der Waals surface area contributed by atoms with E-state index in [1.54, 1.807) is 18.3 Å². The molecule has 4 rings (SSSR count).